The summed E-state index contributed by atoms with van der Waals surface area (Å²) < 4.78 is 14.0. The highest BCUT2D eigenvalue weighted by Crippen LogP contribution is 2.24. The predicted octanol–water partition coefficient (Wildman–Crippen LogP) is 4.56. The molecule has 0 aliphatic rings. The molecule has 0 saturated carbocycles. The van der Waals surface area contributed by atoms with Gasteiger partial charge in [0.1, 0.15) is 0 Å². The number of benzene rings is 2. The molecule has 0 radical (unpaired) electrons. The number of phenols is 1. The standard InChI is InChI=1S/C13H10BrClFNO/c14-11-5-9(15)2-1-8(11)7-17-10-3-4-13(18)12(16)6-10/h1-6,17-18H,7H2. The van der Waals surface area contributed by atoms with Gasteiger partial charge in [-0.3, -0.25) is 0 Å². The number of hydrogen-bond acceptors (Lipinski definition) is 2. The normalized spacial score (nSPS) is 10.4. The highest BCUT2D eigenvalue weighted by atomic mass is 79.9. The molecular formula is C13H10BrClFNO. The van der Waals surface area contributed by atoms with Gasteiger partial charge < -0.3 is 10.4 Å². The lowest BCUT2D eigenvalue weighted by Crippen LogP contribution is -2.00. The second-order valence-corrected chi connectivity index (χ2v) is 5.05. The van der Waals surface area contributed by atoms with E-state index < -0.39 is 5.82 Å². The van der Waals surface area contributed by atoms with Crippen molar-refractivity contribution in [2.75, 3.05) is 5.32 Å². The fourth-order valence-corrected chi connectivity index (χ4v) is 2.30. The summed E-state index contributed by atoms with van der Waals surface area (Å²) in [5.74, 6) is -0.997. The monoisotopic (exact) mass is 329 g/mol. The van der Waals surface area contributed by atoms with Gasteiger partial charge >= 0.3 is 0 Å². The van der Waals surface area contributed by atoms with E-state index >= 15 is 0 Å². The van der Waals surface area contributed by atoms with Gasteiger partial charge in [0.2, 0.25) is 0 Å². The Kier molecular flexibility index (Phi) is 4.09. The second kappa shape index (κ2) is 5.59. The summed E-state index contributed by atoms with van der Waals surface area (Å²) >= 11 is 9.25. The van der Waals surface area contributed by atoms with Crippen LogP contribution in [0.2, 0.25) is 5.02 Å². The van der Waals surface area contributed by atoms with Gasteiger partial charge in [-0.15, -0.1) is 0 Å². The molecule has 0 aliphatic carbocycles. The summed E-state index contributed by atoms with van der Waals surface area (Å²) in [6.07, 6.45) is 0. The van der Waals surface area contributed by atoms with E-state index in [2.05, 4.69) is 21.2 Å². The molecule has 0 fully saturated rings. The van der Waals surface area contributed by atoms with E-state index in [9.17, 15) is 4.39 Å². The van der Waals surface area contributed by atoms with E-state index in [-0.39, 0.29) is 5.75 Å². The molecule has 0 spiro atoms. The number of rotatable bonds is 3. The highest BCUT2D eigenvalue weighted by molar-refractivity contribution is 9.10. The van der Waals surface area contributed by atoms with Crippen molar-refractivity contribution in [1.29, 1.82) is 0 Å². The van der Waals surface area contributed by atoms with Crippen LogP contribution in [0.1, 0.15) is 5.56 Å². The zero-order chi connectivity index (χ0) is 13.1. The van der Waals surface area contributed by atoms with Gasteiger partial charge in [-0.2, -0.15) is 0 Å². The number of aromatic hydroxyl groups is 1. The molecular weight excluding hydrogens is 321 g/mol. The fraction of sp³-hybridized carbons (Fsp3) is 0.0769. The van der Waals surface area contributed by atoms with Gasteiger partial charge in [0.15, 0.2) is 11.6 Å². The minimum absolute atomic E-state index is 0.353. The van der Waals surface area contributed by atoms with Gasteiger partial charge in [0, 0.05) is 27.8 Å². The first-order chi connectivity index (χ1) is 8.56. The summed E-state index contributed by atoms with van der Waals surface area (Å²) in [4.78, 5) is 0. The van der Waals surface area contributed by atoms with Crippen LogP contribution in [-0.4, -0.2) is 5.11 Å². The molecule has 2 aromatic rings. The first kappa shape index (κ1) is 13.2. The number of phenolic OH excluding ortho intramolecular Hbond substituents is 1. The Morgan fingerprint density at radius 1 is 1.22 bits per heavy atom. The third kappa shape index (κ3) is 3.15. The van der Waals surface area contributed by atoms with Crippen LogP contribution in [0.5, 0.6) is 5.75 Å². The molecule has 94 valence electrons. The molecule has 0 bridgehead atoms. The van der Waals surface area contributed by atoms with Crippen molar-refractivity contribution in [2.45, 2.75) is 6.54 Å². The molecule has 0 unspecified atom stereocenters. The van der Waals surface area contributed by atoms with Gasteiger partial charge in [-0.25, -0.2) is 4.39 Å². The second-order valence-electron chi connectivity index (χ2n) is 3.76. The molecule has 2 N–H and O–H groups in total. The fourth-order valence-electron chi connectivity index (χ4n) is 1.48. The minimum Gasteiger partial charge on any atom is -0.505 e. The molecule has 5 heteroatoms. The highest BCUT2D eigenvalue weighted by Gasteiger charge is 2.03. The van der Waals surface area contributed by atoms with Gasteiger partial charge in [0.25, 0.3) is 0 Å². The van der Waals surface area contributed by atoms with Crippen LogP contribution >= 0.6 is 27.5 Å². The largest absolute Gasteiger partial charge is 0.505 e. The SMILES string of the molecule is Oc1ccc(NCc2ccc(Cl)cc2Br)cc1F. The molecule has 18 heavy (non-hydrogen) atoms. The molecule has 2 rings (SSSR count). The van der Waals surface area contributed by atoms with Crippen LogP contribution < -0.4 is 5.32 Å². The quantitative estimate of drug-likeness (QED) is 0.809. The van der Waals surface area contributed by atoms with Crippen molar-refractivity contribution < 1.29 is 9.50 Å². The van der Waals surface area contributed by atoms with E-state index in [4.69, 9.17) is 16.7 Å². The van der Waals surface area contributed by atoms with Crippen LogP contribution in [0.25, 0.3) is 0 Å². The zero-order valence-corrected chi connectivity index (χ0v) is 11.6. The molecule has 0 aromatic heterocycles. The maximum absolute atomic E-state index is 13.1. The van der Waals surface area contributed by atoms with Gasteiger partial charge in [-0.05, 0) is 29.8 Å². The van der Waals surface area contributed by atoms with Crippen LogP contribution in [0.3, 0.4) is 0 Å². The van der Waals surface area contributed by atoms with E-state index in [1.807, 2.05) is 6.07 Å². The summed E-state index contributed by atoms with van der Waals surface area (Å²) in [7, 11) is 0. The van der Waals surface area contributed by atoms with E-state index in [0.29, 0.717) is 17.3 Å². The Balaban J connectivity index is 2.09. The third-order valence-corrected chi connectivity index (χ3v) is 3.42. The smallest absolute Gasteiger partial charge is 0.166 e. The average Bonchev–Trinajstić information content (AvgIpc) is 2.32. The third-order valence-electron chi connectivity index (χ3n) is 2.45. The van der Waals surface area contributed by atoms with Crippen molar-refractivity contribution in [2.24, 2.45) is 0 Å². The lowest BCUT2D eigenvalue weighted by atomic mass is 10.2. The lowest BCUT2D eigenvalue weighted by molar-refractivity contribution is 0.432. The Labute approximate surface area is 118 Å². The van der Waals surface area contributed by atoms with Crippen molar-refractivity contribution in [3.63, 3.8) is 0 Å². The first-order valence-corrected chi connectivity index (χ1v) is 6.39. The first-order valence-electron chi connectivity index (χ1n) is 5.22. The number of halogens is 3. The summed E-state index contributed by atoms with van der Waals surface area (Å²) in [5, 5.41) is 12.8. The number of hydrogen-bond donors (Lipinski definition) is 2. The summed E-state index contributed by atoms with van der Waals surface area (Å²) in [6, 6.07) is 9.66. The summed E-state index contributed by atoms with van der Waals surface area (Å²) in [6.45, 7) is 0.530. The predicted molar refractivity (Wildman–Crippen MR) is 74.5 cm³/mol. The van der Waals surface area contributed by atoms with Crippen molar-refractivity contribution in [1.82, 2.24) is 0 Å². The zero-order valence-electron chi connectivity index (χ0n) is 9.25. The lowest BCUT2D eigenvalue weighted by Gasteiger charge is -2.09. The van der Waals surface area contributed by atoms with Gasteiger partial charge in [-0.1, -0.05) is 33.6 Å². The maximum Gasteiger partial charge on any atom is 0.166 e. The molecule has 0 aliphatic heterocycles. The molecule has 0 atom stereocenters. The Hall–Kier alpha value is -1.26. The van der Waals surface area contributed by atoms with Crippen LogP contribution in [-0.2, 0) is 6.54 Å². The Bertz CT molecular complexity index is 577. The Morgan fingerprint density at radius 3 is 2.67 bits per heavy atom. The molecule has 2 nitrogen and oxygen atoms in total. The van der Waals surface area contributed by atoms with E-state index in [0.717, 1.165) is 10.0 Å². The minimum atomic E-state index is -0.643. The van der Waals surface area contributed by atoms with Crippen molar-refractivity contribution in [3.05, 3.63) is 57.3 Å². The molecule has 0 amide bonds. The van der Waals surface area contributed by atoms with Crippen LogP contribution in [0, 0.1) is 5.82 Å². The summed E-state index contributed by atoms with van der Waals surface area (Å²) in [5.41, 5.74) is 1.61. The van der Waals surface area contributed by atoms with Crippen molar-refractivity contribution >= 4 is 33.2 Å². The number of nitrogens with one attached hydrogen (secondary N) is 1. The maximum atomic E-state index is 13.1. The van der Waals surface area contributed by atoms with Gasteiger partial charge in [0.05, 0.1) is 0 Å². The van der Waals surface area contributed by atoms with E-state index in [1.165, 1.54) is 12.1 Å². The van der Waals surface area contributed by atoms with Crippen molar-refractivity contribution in [3.8, 4) is 5.75 Å². The average molecular weight is 331 g/mol. The Morgan fingerprint density at radius 2 is 2.00 bits per heavy atom. The van der Waals surface area contributed by atoms with Crippen LogP contribution in [0.4, 0.5) is 10.1 Å². The van der Waals surface area contributed by atoms with E-state index in [1.54, 1.807) is 18.2 Å². The molecule has 0 heterocycles. The number of anilines is 1. The molecule has 2 aromatic carbocycles. The molecule has 0 saturated heterocycles. The van der Waals surface area contributed by atoms with Crippen LogP contribution in [0.15, 0.2) is 40.9 Å². The topological polar surface area (TPSA) is 32.3 Å².